The third-order valence-electron chi connectivity index (χ3n) is 6.01. The van der Waals surface area contributed by atoms with E-state index in [9.17, 15) is 9.59 Å². The van der Waals surface area contributed by atoms with Crippen LogP contribution in [0.25, 0.3) is 43.8 Å². The van der Waals surface area contributed by atoms with Gasteiger partial charge in [-0.3, -0.25) is 14.9 Å². The van der Waals surface area contributed by atoms with E-state index in [-0.39, 0.29) is 11.8 Å². The molecule has 0 aliphatic carbocycles. The van der Waals surface area contributed by atoms with Crippen molar-refractivity contribution < 1.29 is 9.59 Å². The minimum absolute atomic E-state index is 0.354. The number of carbonyl (C=O) groups excluding carboxylic acids is 2. The summed E-state index contributed by atoms with van der Waals surface area (Å²) in [6, 6.07) is 19.8. The maximum Gasteiger partial charge on any atom is 0.258 e. The lowest BCUT2D eigenvalue weighted by molar-refractivity contribution is 0.0845. The fraction of sp³-hybridized carbons (Fsp3) is 0.0714. The van der Waals surface area contributed by atoms with Gasteiger partial charge in [0.1, 0.15) is 0 Å². The quantitative estimate of drug-likeness (QED) is 0.391. The number of fused-ring (bicyclic) bond motifs is 1. The molecule has 1 heterocycles. The highest BCUT2D eigenvalue weighted by atomic mass is 16.2. The number of imide groups is 1. The first-order valence-corrected chi connectivity index (χ1v) is 10.2. The predicted octanol–water partition coefficient (Wildman–Crippen LogP) is 6.61. The molecule has 0 bridgehead atoms. The van der Waals surface area contributed by atoms with Gasteiger partial charge in [0.25, 0.3) is 11.8 Å². The van der Waals surface area contributed by atoms with Gasteiger partial charge in [-0.2, -0.15) is 0 Å². The van der Waals surface area contributed by atoms with Gasteiger partial charge in [0.15, 0.2) is 0 Å². The fourth-order valence-corrected chi connectivity index (χ4v) is 4.61. The Morgan fingerprint density at radius 1 is 0.613 bits per heavy atom. The maximum absolute atomic E-state index is 12.4. The SMILES string of the molecule is C=C(C)c1cccc2c(-c3ccc4c5c(cccc35)C(=O)NC4=O)ccc(C(=C)C)c12. The fourth-order valence-electron chi connectivity index (χ4n) is 4.61. The molecule has 0 aromatic heterocycles. The molecule has 1 aliphatic heterocycles. The Balaban J connectivity index is 1.92. The number of rotatable bonds is 3. The van der Waals surface area contributed by atoms with Crippen LogP contribution in [0.15, 0.2) is 73.8 Å². The van der Waals surface area contributed by atoms with Crippen molar-refractivity contribution >= 4 is 44.5 Å². The van der Waals surface area contributed by atoms with E-state index in [0.717, 1.165) is 49.6 Å². The molecule has 31 heavy (non-hydrogen) atoms. The summed E-state index contributed by atoms with van der Waals surface area (Å²) in [7, 11) is 0. The molecule has 0 radical (unpaired) electrons. The summed E-state index contributed by atoms with van der Waals surface area (Å²) in [6.45, 7) is 12.4. The molecule has 5 rings (SSSR count). The van der Waals surface area contributed by atoms with Gasteiger partial charge < -0.3 is 0 Å². The van der Waals surface area contributed by atoms with E-state index < -0.39 is 0 Å². The molecule has 0 atom stereocenters. The molecule has 1 N–H and O–H groups in total. The summed E-state index contributed by atoms with van der Waals surface area (Å²) < 4.78 is 0. The third kappa shape index (κ3) is 2.74. The first-order valence-electron chi connectivity index (χ1n) is 10.2. The molecule has 3 nitrogen and oxygen atoms in total. The molecule has 4 aromatic rings. The molecule has 2 amide bonds. The van der Waals surface area contributed by atoms with Crippen LogP contribution in [0, 0.1) is 0 Å². The topological polar surface area (TPSA) is 46.2 Å². The Morgan fingerprint density at radius 2 is 1.10 bits per heavy atom. The number of carbonyl (C=O) groups is 2. The molecular formula is C28H21NO2. The highest BCUT2D eigenvalue weighted by Gasteiger charge is 2.26. The molecule has 3 heteroatoms. The standard InChI is InChI=1S/C28H21NO2/c1-15(2)17-7-5-8-21-19(12-11-18(16(3)4)25(17)21)20-13-14-24-26-22(20)9-6-10-23(26)27(30)29-28(24)31/h5-14H,1,3H2,2,4H3,(H,29,30,31). The van der Waals surface area contributed by atoms with E-state index in [1.54, 1.807) is 6.07 Å². The largest absolute Gasteiger partial charge is 0.288 e. The summed E-state index contributed by atoms with van der Waals surface area (Å²) in [5.41, 5.74) is 7.25. The van der Waals surface area contributed by atoms with Crippen molar-refractivity contribution in [3.63, 3.8) is 0 Å². The lowest BCUT2D eigenvalue weighted by atomic mass is 9.85. The lowest BCUT2D eigenvalue weighted by Crippen LogP contribution is -2.34. The van der Waals surface area contributed by atoms with Crippen molar-refractivity contribution in [2.24, 2.45) is 0 Å². The van der Waals surface area contributed by atoms with Crippen LogP contribution in [0.2, 0.25) is 0 Å². The van der Waals surface area contributed by atoms with Crippen LogP contribution in [0.3, 0.4) is 0 Å². The summed E-state index contributed by atoms with van der Waals surface area (Å²) >= 11 is 0. The highest BCUT2D eigenvalue weighted by Crippen LogP contribution is 2.41. The zero-order chi connectivity index (χ0) is 21.9. The van der Waals surface area contributed by atoms with Gasteiger partial charge in [0.2, 0.25) is 0 Å². The van der Waals surface area contributed by atoms with Gasteiger partial charge in [-0.1, -0.05) is 72.8 Å². The molecule has 1 aliphatic rings. The summed E-state index contributed by atoms with van der Waals surface area (Å²) in [5, 5.41) is 6.24. The highest BCUT2D eigenvalue weighted by molar-refractivity contribution is 6.27. The van der Waals surface area contributed by atoms with Gasteiger partial charge in [-0.15, -0.1) is 0 Å². The normalized spacial score (nSPS) is 12.8. The molecule has 0 unspecified atom stereocenters. The molecule has 0 spiro atoms. The predicted molar refractivity (Wildman–Crippen MR) is 128 cm³/mol. The minimum atomic E-state index is -0.354. The smallest absolute Gasteiger partial charge is 0.258 e. The van der Waals surface area contributed by atoms with Gasteiger partial charge in [0.05, 0.1) is 0 Å². The lowest BCUT2D eigenvalue weighted by Gasteiger charge is -2.20. The van der Waals surface area contributed by atoms with Crippen molar-refractivity contribution in [3.8, 4) is 11.1 Å². The summed E-state index contributed by atoms with van der Waals surface area (Å²) in [6.07, 6.45) is 0. The van der Waals surface area contributed by atoms with Crippen molar-refractivity contribution in [1.82, 2.24) is 5.32 Å². The van der Waals surface area contributed by atoms with Gasteiger partial charge in [-0.05, 0) is 64.4 Å². The summed E-state index contributed by atoms with van der Waals surface area (Å²) in [4.78, 5) is 24.9. The van der Waals surface area contributed by atoms with E-state index in [1.165, 1.54) is 0 Å². The Morgan fingerprint density at radius 3 is 1.74 bits per heavy atom. The van der Waals surface area contributed by atoms with Crippen LogP contribution in [0.5, 0.6) is 0 Å². The van der Waals surface area contributed by atoms with Crippen LogP contribution in [-0.4, -0.2) is 11.8 Å². The molecule has 0 saturated heterocycles. The molecular weight excluding hydrogens is 382 g/mol. The van der Waals surface area contributed by atoms with E-state index in [2.05, 4.69) is 42.7 Å². The number of hydrogen-bond acceptors (Lipinski definition) is 2. The van der Waals surface area contributed by atoms with E-state index in [1.807, 2.05) is 44.2 Å². The van der Waals surface area contributed by atoms with Crippen LogP contribution in [-0.2, 0) is 0 Å². The first kappa shape index (κ1) is 19.0. The van der Waals surface area contributed by atoms with Crippen molar-refractivity contribution in [2.75, 3.05) is 0 Å². The Labute approximate surface area is 180 Å². The summed E-state index contributed by atoms with van der Waals surface area (Å²) in [5.74, 6) is -0.709. The van der Waals surface area contributed by atoms with E-state index in [0.29, 0.717) is 16.5 Å². The number of amides is 2. The zero-order valence-electron chi connectivity index (χ0n) is 17.5. The first-order chi connectivity index (χ1) is 14.9. The minimum Gasteiger partial charge on any atom is -0.288 e. The Kier molecular flexibility index (Phi) is 4.16. The second-order valence-corrected chi connectivity index (χ2v) is 8.12. The Bertz CT molecular complexity index is 1450. The van der Waals surface area contributed by atoms with Gasteiger partial charge in [-0.25, -0.2) is 0 Å². The van der Waals surface area contributed by atoms with Gasteiger partial charge >= 0.3 is 0 Å². The monoisotopic (exact) mass is 403 g/mol. The van der Waals surface area contributed by atoms with Gasteiger partial charge in [0, 0.05) is 16.5 Å². The maximum atomic E-state index is 12.4. The molecule has 0 fully saturated rings. The van der Waals surface area contributed by atoms with Crippen molar-refractivity contribution in [3.05, 3.63) is 96.1 Å². The van der Waals surface area contributed by atoms with Crippen molar-refractivity contribution in [1.29, 1.82) is 0 Å². The molecule has 0 saturated carbocycles. The Hall–Kier alpha value is -3.98. The number of nitrogens with one attached hydrogen (secondary N) is 1. The van der Waals surface area contributed by atoms with Crippen LogP contribution in [0.1, 0.15) is 45.7 Å². The van der Waals surface area contributed by atoms with E-state index in [4.69, 9.17) is 0 Å². The van der Waals surface area contributed by atoms with Crippen LogP contribution < -0.4 is 5.32 Å². The molecule has 4 aromatic carbocycles. The number of allylic oxidation sites excluding steroid dienone is 2. The van der Waals surface area contributed by atoms with Crippen LogP contribution in [0.4, 0.5) is 0 Å². The average molecular weight is 403 g/mol. The van der Waals surface area contributed by atoms with Crippen molar-refractivity contribution in [2.45, 2.75) is 13.8 Å². The second-order valence-electron chi connectivity index (χ2n) is 8.12. The molecule has 150 valence electrons. The number of benzene rings is 4. The zero-order valence-corrected chi connectivity index (χ0v) is 17.5. The third-order valence-corrected chi connectivity index (χ3v) is 6.01. The number of hydrogen-bond donors (Lipinski definition) is 1. The van der Waals surface area contributed by atoms with E-state index >= 15 is 0 Å². The average Bonchev–Trinajstić information content (AvgIpc) is 2.75. The van der Waals surface area contributed by atoms with Crippen LogP contribution >= 0.6 is 0 Å². The second kappa shape index (κ2) is 6.78.